The topological polar surface area (TPSA) is 93.5 Å². The van der Waals surface area contributed by atoms with E-state index in [2.05, 4.69) is 10.6 Å². The zero-order chi connectivity index (χ0) is 16.9. The van der Waals surface area contributed by atoms with Crippen molar-refractivity contribution in [2.75, 3.05) is 11.9 Å². The number of ether oxygens (including phenoxy) is 1. The van der Waals surface area contributed by atoms with Gasteiger partial charge in [-0.25, -0.2) is 4.79 Å². The van der Waals surface area contributed by atoms with E-state index in [1.165, 1.54) is 18.6 Å². The van der Waals surface area contributed by atoms with E-state index in [9.17, 15) is 14.9 Å². The van der Waals surface area contributed by atoms with Crippen molar-refractivity contribution in [1.82, 2.24) is 5.32 Å². The number of nitrogens with zero attached hydrogens (tertiary/aromatic N) is 1. The lowest BCUT2D eigenvalue weighted by molar-refractivity contribution is -0.384. The number of anilines is 1. The maximum Gasteiger partial charge on any atom is 0.319 e. The van der Waals surface area contributed by atoms with Crippen molar-refractivity contribution >= 4 is 17.4 Å². The third-order valence-electron chi connectivity index (χ3n) is 5.99. The van der Waals surface area contributed by atoms with E-state index in [1.54, 1.807) is 13.0 Å². The van der Waals surface area contributed by atoms with Gasteiger partial charge in [-0.15, -0.1) is 0 Å². The normalized spacial score (nSPS) is 29.3. The van der Waals surface area contributed by atoms with Crippen molar-refractivity contribution in [3.8, 4) is 0 Å². The van der Waals surface area contributed by atoms with E-state index in [0.29, 0.717) is 23.3 Å². The SMILES string of the molecule is Cc1cc([N+](=O)[O-])ccc1NC(=O)N[C@@H]1[C@@H]2CCO[C@@H]2C12CCC2. The van der Waals surface area contributed by atoms with Crippen LogP contribution in [0, 0.1) is 28.4 Å². The minimum Gasteiger partial charge on any atom is -0.377 e. The minimum atomic E-state index is -0.439. The van der Waals surface area contributed by atoms with Gasteiger partial charge in [0.1, 0.15) is 0 Å². The smallest absolute Gasteiger partial charge is 0.319 e. The maximum absolute atomic E-state index is 12.4. The molecule has 0 bridgehead atoms. The summed E-state index contributed by atoms with van der Waals surface area (Å²) >= 11 is 0. The van der Waals surface area contributed by atoms with Gasteiger partial charge in [0.2, 0.25) is 0 Å². The second-order valence-electron chi connectivity index (χ2n) is 7.16. The molecule has 0 aromatic heterocycles. The monoisotopic (exact) mass is 331 g/mol. The molecule has 0 unspecified atom stereocenters. The van der Waals surface area contributed by atoms with Crippen molar-refractivity contribution in [3.63, 3.8) is 0 Å². The number of nitro groups is 1. The lowest BCUT2D eigenvalue weighted by Gasteiger charge is -2.63. The van der Waals surface area contributed by atoms with Gasteiger partial charge in [0.15, 0.2) is 0 Å². The number of hydrogen-bond acceptors (Lipinski definition) is 4. The molecule has 1 saturated heterocycles. The van der Waals surface area contributed by atoms with Crippen LogP contribution in [0.1, 0.15) is 31.2 Å². The van der Waals surface area contributed by atoms with Crippen molar-refractivity contribution in [3.05, 3.63) is 33.9 Å². The molecule has 3 fully saturated rings. The predicted octanol–water partition coefficient (Wildman–Crippen LogP) is 2.98. The average molecular weight is 331 g/mol. The van der Waals surface area contributed by atoms with Crippen LogP contribution >= 0.6 is 0 Å². The standard InChI is InChI=1S/C17H21N3O4/c1-10-9-11(20(22)23)3-4-13(10)18-16(21)19-14-12-5-8-24-15(12)17(14)6-2-7-17/h3-4,9,12,14-15H,2,5-8H2,1H3,(H2,18,19,21)/t12-,14+,15-/m0/s1. The highest BCUT2D eigenvalue weighted by Crippen LogP contribution is 2.62. The Morgan fingerprint density at radius 3 is 2.83 bits per heavy atom. The zero-order valence-corrected chi connectivity index (χ0v) is 13.6. The van der Waals surface area contributed by atoms with Crippen LogP contribution in [0.25, 0.3) is 0 Å². The summed E-state index contributed by atoms with van der Waals surface area (Å²) in [5.74, 6) is 0.425. The molecule has 7 nitrogen and oxygen atoms in total. The number of hydrogen-bond donors (Lipinski definition) is 2. The molecule has 0 radical (unpaired) electrons. The van der Waals surface area contributed by atoms with Gasteiger partial charge in [0.25, 0.3) is 5.69 Å². The molecule has 2 saturated carbocycles. The van der Waals surface area contributed by atoms with Crippen LogP contribution in [0.2, 0.25) is 0 Å². The summed E-state index contributed by atoms with van der Waals surface area (Å²) < 4.78 is 5.86. The van der Waals surface area contributed by atoms with E-state index < -0.39 is 4.92 Å². The fourth-order valence-corrected chi connectivity index (χ4v) is 4.66. The summed E-state index contributed by atoms with van der Waals surface area (Å²) in [5.41, 5.74) is 1.44. The summed E-state index contributed by atoms with van der Waals surface area (Å²) in [4.78, 5) is 22.8. The van der Waals surface area contributed by atoms with Gasteiger partial charge in [0, 0.05) is 41.8 Å². The highest BCUT2D eigenvalue weighted by atomic mass is 16.6. The van der Waals surface area contributed by atoms with Crippen LogP contribution in [0.3, 0.4) is 0 Å². The predicted molar refractivity (Wildman–Crippen MR) is 87.9 cm³/mol. The molecule has 1 aliphatic heterocycles. The van der Waals surface area contributed by atoms with Crippen LogP contribution in [0.5, 0.6) is 0 Å². The Bertz CT molecular complexity index is 701. The molecule has 4 rings (SSSR count). The highest BCUT2D eigenvalue weighted by molar-refractivity contribution is 5.90. The Kier molecular flexibility index (Phi) is 3.49. The van der Waals surface area contributed by atoms with Gasteiger partial charge in [-0.3, -0.25) is 10.1 Å². The first-order chi connectivity index (χ1) is 11.5. The Morgan fingerprint density at radius 1 is 1.42 bits per heavy atom. The van der Waals surface area contributed by atoms with E-state index in [4.69, 9.17) is 4.74 Å². The lowest BCUT2D eigenvalue weighted by atomic mass is 9.46. The summed E-state index contributed by atoms with van der Waals surface area (Å²) in [6.07, 6.45) is 4.77. The summed E-state index contributed by atoms with van der Waals surface area (Å²) in [6, 6.07) is 4.38. The third kappa shape index (κ3) is 2.18. The first kappa shape index (κ1) is 15.4. The van der Waals surface area contributed by atoms with E-state index in [1.807, 2.05) is 0 Å². The van der Waals surface area contributed by atoms with Crippen LogP contribution in [0.15, 0.2) is 18.2 Å². The van der Waals surface area contributed by atoms with Crippen LogP contribution in [-0.2, 0) is 4.74 Å². The number of nitrogens with one attached hydrogen (secondary N) is 2. The number of non-ortho nitro benzene ring substituents is 1. The number of amides is 2. The number of carbonyl (C=O) groups excluding carboxylic acids is 1. The molecule has 1 aromatic carbocycles. The van der Waals surface area contributed by atoms with Crippen molar-refractivity contribution in [2.45, 2.75) is 44.8 Å². The zero-order valence-electron chi connectivity index (χ0n) is 13.6. The Hall–Kier alpha value is -2.15. The van der Waals surface area contributed by atoms with Crippen molar-refractivity contribution < 1.29 is 14.5 Å². The van der Waals surface area contributed by atoms with Gasteiger partial charge < -0.3 is 15.4 Å². The molecular formula is C17H21N3O4. The molecule has 24 heavy (non-hydrogen) atoms. The quantitative estimate of drug-likeness (QED) is 0.658. The highest BCUT2D eigenvalue weighted by Gasteiger charge is 2.66. The number of rotatable bonds is 3. The number of carbonyl (C=O) groups is 1. The molecule has 1 heterocycles. The fourth-order valence-electron chi connectivity index (χ4n) is 4.66. The number of benzene rings is 1. The van der Waals surface area contributed by atoms with Gasteiger partial charge >= 0.3 is 6.03 Å². The molecule has 3 aliphatic rings. The molecule has 2 amide bonds. The maximum atomic E-state index is 12.4. The molecule has 1 aromatic rings. The van der Waals surface area contributed by atoms with Gasteiger partial charge in [-0.2, -0.15) is 0 Å². The van der Waals surface area contributed by atoms with Crippen LogP contribution in [0.4, 0.5) is 16.2 Å². The second-order valence-corrected chi connectivity index (χ2v) is 7.16. The average Bonchev–Trinajstić information content (AvgIpc) is 2.90. The van der Waals surface area contributed by atoms with E-state index in [-0.39, 0.29) is 23.2 Å². The third-order valence-corrected chi connectivity index (χ3v) is 5.99. The Labute approximate surface area is 139 Å². The molecule has 1 spiro atoms. The number of fused-ring (bicyclic) bond motifs is 2. The van der Waals surface area contributed by atoms with Crippen molar-refractivity contribution in [2.24, 2.45) is 11.3 Å². The molecular weight excluding hydrogens is 310 g/mol. The molecule has 3 atom stereocenters. The Morgan fingerprint density at radius 2 is 2.21 bits per heavy atom. The number of nitro benzene ring substituents is 1. The lowest BCUT2D eigenvalue weighted by Crippen LogP contribution is -2.72. The first-order valence-electron chi connectivity index (χ1n) is 8.45. The molecule has 7 heteroatoms. The van der Waals surface area contributed by atoms with Gasteiger partial charge in [0.05, 0.1) is 11.0 Å². The number of urea groups is 1. The molecule has 2 aliphatic carbocycles. The first-order valence-corrected chi connectivity index (χ1v) is 8.45. The summed E-state index contributed by atoms with van der Waals surface area (Å²) in [6.45, 7) is 2.54. The summed E-state index contributed by atoms with van der Waals surface area (Å²) in [5, 5.41) is 16.7. The summed E-state index contributed by atoms with van der Waals surface area (Å²) in [7, 11) is 0. The Balaban J connectivity index is 1.43. The van der Waals surface area contributed by atoms with Crippen LogP contribution < -0.4 is 10.6 Å². The largest absolute Gasteiger partial charge is 0.377 e. The minimum absolute atomic E-state index is 0.0248. The number of aryl methyl sites for hydroxylation is 1. The van der Waals surface area contributed by atoms with E-state index in [0.717, 1.165) is 25.9 Å². The van der Waals surface area contributed by atoms with Crippen LogP contribution in [-0.4, -0.2) is 29.7 Å². The van der Waals surface area contributed by atoms with Gasteiger partial charge in [-0.05, 0) is 37.8 Å². The molecule has 2 N–H and O–H groups in total. The molecule has 128 valence electrons. The fraction of sp³-hybridized carbons (Fsp3) is 0.588. The van der Waals surface area contributed by atoms with E-state index >= 15 is 0 Å². The van der Waals surface area contributed by atoms with Crippen molar-refractivity contribution in [1.29, 1.82) is 0 Å². The van der Waals surface area contributed by atoms with Gasteiger partial charge in [-0.1, -0.05) is 6.42 Å². The second kappa shape index (κ2) is 5.44.